The summed E-state index contributed by atoms with van der Waals surface area (Å²) in [6.45, 7) is 4.42. The Hall–Kier alpha value is -1.59. The average molecular weight is 344 g/mol. The first-order valence-corrected chi connectivity index (χ1v) is 9.43. The molecule has 1 aliphatic carbocycles. The van der Waals surface area contributed by atoms with E-state index < -0.39 is 0 Å². The summed E-state index contributed by atoms with van der Waals surface area (Å²) in [6.07, 6.45) is 4.97. The van der Waals surface area contributed by atoms with Crippen LogP contribution in [0.25, 0.3) is 0 Å². The second-order valence-corrected chi connectivity index (χ2v) is 8.20. The minimum Gasteiger partial charge on any atom is -0.508 e. The number of nitrogens with zero attached hydrogens (tertiary/aromatic N) is 2. The zero-order valence-electron chi connectivity index (χ0n) is 15.0. The lowest BCUT2D eigenvalue weighted by Crippen LogP contribution is -2.72. The van der Waals surface area contributed by atoms with Crippen molar-refractivity contribution in [1.29, 1.82) is 0 Å². The highest BCUT2D eigenvalue weighted by Crippen LogP contribution is 2.39. The van der Waals surface area contributed by atoms with Gasteiger partial charge in [-0.1, -0.05) is 6.07 Å². The molecule has 136 valence electrons. The second kappa shape index (κ2) is 6.61. The van der Waals surface area contributed by atoms with Crippen LogP contribution in [-0.2, 0) is 4.74 Å². The highest BCUT2D eigenvalue weighted by molar-refractivity contribution is 5.95. The number of aromatic hydroxyl groups is 1. The summed E-state index contributed by atoms with van der Waals surface area (Å²) in [5.74, 6) is 1.58. The molecule has 1 N–H and O–H groups in total. The smallest absolute Gasteiger partial charge is 0.254 e. The highest BCUT2D eigenvalue weighted by Gasteiger charge is 2.51. The number of hydrogen-bond acceptors (Lipinski definition) is 4. The molecule has 2 saturated heterocycles. The Morgan fingerprint density at radius 3 is 2.72 bits per heavy atom. The molecular weight excluding hydrogens is 316 g/mol. The lowest BCUT2D eigenvalue weighted by Gasteiger charge is -2.58. The maximum absolute atomic E-state index is 12.6. The number of rotatable bonds is 5. The molecule has 0 aromatic heterocycles. The topological polar surface area (TPSA) is 53.0 Å². The van der Waals surface area contributed by atoms with Gasteiger partial charge in [0.15, 0.2) is 0 Å². The summed E-state index contributed by atoms with van der Waals surface area (Å²) >= 11 is 0. The van der Waals surface area contributed by atoms with Crippen LogP contribution in [0.5, 0.6) is 5.75 Å². The van der Waals surface area contributed by atoms with Gasteiger partial charge >= 0.3 is 0 Å². The van der Waals surface area contributed by atoms with Gasteiger partial charge in [0.05, 0.1) is 5.54 Å². The molecule has 3 fully saturated rings. The van der Waals surface area contributed by atoms with Crippen LogP contribution in [-0.4, -0.2) is 66.2 Å². The standard InChI is InChI=1S/C20H28N2O3/c1-21-8-7-16(12-25-11-15-5-6-15)10-20(21)13-22(14-20)19(24)17-3-2-4-18(23)9-17/h2-4,9,15-16,23H,5-8,10-14H2,1H3. The number of phenols is 1. The fourth-order valence-corrected chi connectivity index (χ4v) is 4.24. The van der Waals surface area contributed by atoms with Crippen LogP contribution in [0.15, 0.2) is 24.3 Å². The van der Waals surface area contributed by atoms with Gasteiger partial charge in [0, 0.05) is 31.9 Å². The van der Waals surface area contributed by atoms with Gasteiger partial charge in [0.2, 0.25) is 0 Å². The van der Waals surface area contributed by atoms with Gasteiger partial charge in [-0.05, 0) is 69.3 Å². The minimum absolute atomic E-state index is 0.0158. The van der Waals surface area contributed by atoms with E-state index in [-0.39, 0.29) is 17.2 Å². The van der Waals surface area contributed by atoms with E-state index in [4.69, 9.17) is 4.74 Å². The lowest BCUT2D eigenvalue weighted by molar-refractivity contribution is -0.0761. The molecule has 2 heterocycles. The van der Waals surface area contributed by atoms with Gasteiger partial charge in [-0.2, -0.15) is 0 Å². The number of carbonyl (C=O) groups is 1. The molecule has 4 rings (SSSR count). The first kappa shape index (κ1) is 16.9. The number of phenolic OH excluding ortho intramolecular Hbond substituents is 1. The molecular formula is C20H28N2O3. The van der Waals surface area contributed by atoms with Crippen LogP contribution >= 0.6 is 0 Å². The van der Waals surface area contributed by atoms with Crippen molar-refractivity contribution >= 4 is 5.91 Å². The second-order valence-electron chi connectivity index (χ2n) is 8.20. The number of likely N-dealkylation sites (N-methyl/N-ethyl adjacent to an activating group) is 1. The van der Waals surface area contributed by atoms with Gasteiger partial charge < -0.3 is 14.7 Å². The molecule has 1 atom stereocenters. The third-order valence-electron chi connectivity index (χ3n) is 6.11. The number of benzene rings is 1. The van der Waals surface area contributed by atoms with E-state index in [1.165, 1.54) is 19.3 Å². The summed E-state index contributed by atoms with van der Waals surface area (Å²) in [7, 11) is 2.18. The molecule has 1 amide bonds. The molecule has 1 aromatic rings. The Morgan fingerprint density at radius 2 is 2.00 bits per heavy atom. The van der Waals surface area contributed by atoms with Crippen LogP contribution in [0.1, 0.15) is 36.0 Å². The van der Waals surface area contributed by atoms with Crippen molar-refractivity contribution in [2.75, 3.05) is 39.9 Å². The van der Waals surface area contributed by atoms with Crippen LogP contribution in [0.3, 0.4) is 0 Å². The predicted octanol–water partition coefficient (Wildman–Crippen LogP) is 2.36. The van der Waals surface area contributed by atoms with E-state index in [1.54, 1.807) is 24.3 Å². The molecule has 25 heavy (non-hydrogen) atoms. The van der Waals surface area contributed by atoms with E-state index in [0.717, 1.165) is 45.2 Å². The Bertz CT molecular complexity index is 638. The van der Waals surface area contributed by atoms with Crippen molar-refractivity contribution in [3.05, 3.63) is 29.8 Å². The molecule has 2 aliphatic heterocycles. The van der Waals surface area contributed by atoms with Crippen molar-refractivity contribution in [2.45, 2.75) is 31.2 Å². The number of hydrogen-bond donors (Lipinski definition) is 1. The predicted molar refractivity (Wildman–Crippen MR) is 95.6 cm³/mol. The molecule has 1 saturated carbocycles. The summed E-state index contributed by atoms with van der Waals surface area (Å²) in [5, 5.41) is 9.59. The van der Waals surface area contributed by atoms with Gasteiger partial charge in [-0.25, -0.2) is 0 Å². The summed E-state index contributed by atoms with van der Waals surface area (Å²) in [6, 6.07) is 6.63. The van der Waals surface area contributed by atoms with E-state index in [9.17, 15) is 9.90 Å². The van der Waals surface area contributed by atoms with Crippen molar-refractivity contribution < 1.29 is 14.6 Å². The van der Waals surface area contributed by atoms with Crippen molar-refractivity contribution in [2.24, 2.45) is 11.8 Å². The maximum Gasteiger partial charge on any atom is 0.254 e. The fourth-order valence-electron chi connectivity index (χ4n) is 4.24. The zero-order chi connectivity index (χ0) is 17.4. The van der Waals surface area contributed by atoms with Crippen LogP contribution < -0.4 is 0 Å². The molecule has 0 bridgehead atoms. The average Bonchev–Trinajstić information content (AvgIpc) is 3.38. The van der Waals surface area contributed by atoms with Crippen molar-refractivity contribution in [1.82, 2.24) is 9.80 Å². The van der Waals surface area contributed by atoms with E-state index in [2.05, 4.69) is 11.9 Å². The molecule has 0 radical (unpaired) electrons. The number of ether oxygens (including phenoxy) is 1. The Kier molecular flexibility index (Phi) is 4.46. The summed E-state index contributed by atoms with van der Waals surface area (Å²) in [4.78, 5) is 16.9. The molecule has 5 heteroatoms. The number of piperidine rings is 1. The maximum atomic E-state index is 12.6. The van der Waals surface area contributed by atoms with E-state index in [0.29, 0.717) is 11.5 Å². The van der Waals surface area contributed by atoms with Crippen LogP contribution in [0, 0.1) is 11.8 Å². The number of likely N-dealkylation sites (tertiary alicyclic amines) is 2. The van der Waals surface area contributed by atoms with Gasteiger partial charge in [0.1, 0.15) is 5.75 Å². The van der Waals surface area contributed by atoms with E-state index in [1.807, 2.05) is 4.90 Å². The van der Waals surface area contributed by atoms with Crippen LogP contribution in [0.4, 0.5) is 0 Å². The quantitative estimate of drug-likeness (QED) is 0.891. The Morgan fingerprint density at radius 1 is 1.24 bits per heavy atom. The first-order chi connectivity index (χ1) is 12.1. The number of amides is 1. The monoisotopic (exact) mass is 344 g/mol. The van der Waals surface area contributed by atoms with Crippen LogP contribution in [0.2, 0.25) is 0 Å². The Balaban J connectivity index is 1.33. The lowest BCUT2D eigenvalue weighted by atomic mass is 9.75. The highest BCUT2D eigenvalue weighted by atomic mass is 16.5. The molecule has 5 nitrogen and oxygen atoms in total. The largest absolute Gasteiger partial charge is 0.508 e. The third kappa shape index (κ3) is 3.53. The van der Waals surface area contributed by atoms with E-state index >= 15 is 0 Å². The fraction of sp³-hybridized carbons (Fsp3) is 0.650. The summed E-state index contributed by atoms with van der Waals surface area (Å²) < 4.78 is 5.92. The zero-order valence-corrected chi connectivity index (χ0v) is 15.0. The van der Waals surface area contributed by atoms with Gasteiger partial charge in [0.25, 0.3) is 5.91 Å². The molecule has 1 unspecified atom stereocenters. The third-order valence-corrected chi connectivity index (χ3v) is 6.11. The van der Waals surface area contributed by atoms with Gasteiger partial charge in [-0.15, -0.1) is 0 Å². The molecule has 1 aromatic carbocycles. The van der Waals surface area contributed by atoms with Gasteiger partial charge in [-0.3, -0.25) is 9.69 Å². The van der Waals surface area contributed by atoms with Crippen molar-refractivity contribution in [3.8, 4) is 5.75 Å². The Labute approximate surface area is 149 Å². The minimum atomic E-state index is 0.0158. The van der Waals surface area contributed by atoms with Crippen molar-refractivity contribution in [3.63, 3.8) is 0 Å². The normalized spacial score (nSPS) is 25.8. The first-order valence-electron chi connectivity index (χ1n) is 9.43. The number of carbonyl (C=O) groups excluding carboxylic acids is 1. The molecule has 1 spiro atoms. The molecule has 3 aliphatic rings. The summed E-state index contributed by atoms with van der Waals surface area (Å²) in [5.41, 5.74) is 0.677. The SMILES string of the molecule is CN1CCC(COCC2CC2)CC12CN(C(=O)c1cccc(O)c1)C2.